The molecule has 1 atom stereocenters. The molecule has 0 aliphatic rings. The molecule has 18 heavy (non-hydrogen) atoms. The number of ether oxygens (including phenoxy) is 1. The van der Waals surface area contributed by atoms with E-state index >= 15 is 0 Å². The van der Waals surface area contributed by atoms with Gasteiger partial charge in [0, 0.05) is 25.1 Å². The summed E-state index contributed by atoms with van der Waals surface area (Å²) in [4.78, 5) is 11.4. The third kappa shape index (κ3) is 6.04. The molecule has 0 saturated heterocycles. The minimum atomic E-state index is -0.558. The topological polar surface area (TPSA) is 58.6 Å². The van der Waals surface area contributed by atoms with Crippen LogP contribution in [-0.2, 0) is 9.53 Å². The van der Waals surface area contributed by atoms with Crippen molar-refractivity contribution in [2.24, 2.45) is 0 Å². The minimum absolute atomic E-state index is 0.269. The summed E-state index contributed by atoms with van der Waals surface area (Å²) in [6, 6.07) is 9.29. The van der Waals surface area contributed by atoms with E-state index in [1.807, 2.05) is 30.3 Å². The van der Waals surface area contributed by atoms with E-state index in [0.29, 0.717) is 13.0 Å². The Bertz CT molecular complexity index is 420. The number of carbonyl (C=O) groups excluding carboxylic acids is 1. The zero-order valence-corrected chi connectivity index (χ0v) is 10.3. The first-order chi connectivity index (χ1) is 8.72. The Morgan fingerprint density at radius 3 is 2.83 bits per heavy atom. The standard InChI is InChI=1S/C14H17NO3/c1-18-11-13(16)9-10-15-14(17)8-7-12-5-3-2-4-6-12/h2-6,13,16H,9-11H2,1H3,(H,15,17). The van der Waals surface area contributed by atoms with Crippen LogP contribution >= 0.6 is 0 Å². The van der Waals surface area contributed by atoms with E-state index in [1.165, 1.54) is 7.11 Å². The van der Waals surface area contributed by atoms with Gasteiger partial charge in [0.15, 0.2) is 0 Å². The summed E-state index contributed by atoms with van der Waals surface area (Å²) in [5, 5.41) is 12.0. The molecular formula is C14H17NO3. The molecule has 0 aliphatic heterocycles. The highest BCUT2D eigenvalue weighted by atomic mass is 16.5. The Labute approximate surface area is 107 Å². The summed E-state index contributed by atoms with van der Waals surface area (Å²) in [6.45, 7) is 0.651. The van der Waals surface area contributed by atoms with Crippen LogP contribution in [0.25, 0.3) is 0 Å². The molecule has 0 bridgehead atoms. The van der Waals surface area contributed by atoms with Crippen LogP contribution in [0.5, 0.6) is 0 Å². The van der Waals surface area contributed by atoms with Crippen molar-refractivity contribution >= 4 is 5.91 Å². The Morgan fingerprint density at radius 2 is 2.17 bits per heavy atom. The van der Waals surface area contributed by atoms with Crippen LogP contribution in [0, 0.1) is 11.8 Å². The predicted molar refractivity (Wildman–Crippen MR) is 68.8 cm³/mol. The summed E-state index contributed by atoms with van der Waals surface area (Å²) in [5.41, 5.74) is 0.798. The number of aliphatic hydroxyl groups excluding tert-OH is 1. The van der Waals surface area contributed by atoms with Crippen LogP contribution in [0.1, 0.15) is 12.0 Å². The van der Waals surface area contributed by atoms with Crippen LogP contribution in [0.15, 0.2) is 30.3 Å². The number of methoxy groups -OCH3 is 1. The summed E-state index contributed by atoms with van der Waals surface area (Å²) in [6.07, 6.45) is -0.107. The molecule has 1 aromatic rings. The molecule has 0 spiro atoms. The molecule has 1 rings (SSSR count). The van der Waals surface area contributed by atoms with Gasteiger partial charge in [-0.2, -0.15) is 0 Å². The lowest BCUT2D eigenvalue weighted by molar-refractivity contribution is -0.115. The number of rotatable bonds is 5. The maximum absolute atomic E-state index is 11.4. The van der Waals surface area contributed by atoms with Gasteiger partial charge in [0.05, 0.1) is 12.7 Å². The van der Waals surface area contributed by atoms with Crippen LogP contribution < -0.4 is 5.32 Å². The first kappa shape index (κ1) is 14.2. The molecule has 4 nitrogen and oxygen atoms in total. The van der Waals surface area contributed by atoms with Gasteiger partial charge in [0.1, 0.15) is 0 Å². The first-order valence-corrected chi connectivity index (χ1v) is 5.74. The molecule has 96 valence electrons. The molecule has 0 aromatic heterocycles. The van der Waals surface area contributed by atoms with Crippen molar-refractivity contribution in [3.05, 3.63) is 35.9 Å². The maximum atomic E-state index is 11.4. The molecule has 2 N–H and O–H groups in total. The second-order valence-electron chi connectivity index (χ2n) is 3.77. The average Bonchev–Trinajstić information content (AvgIpc) is 2.38. The predicted octanol–water partition coefficient (Wildman–Crippen LogP) is 0.552. The van der Waals surface area contributed by atoms with Crippen molar-refractivity contribution in [2.75, 3.05) is 20.3 Å². The lowest BCUT2D eigenvalue weighted by Gasteiger charge is -2.08. The van der Waals surface area contributed by atoms with Crippen molar-refractivity contribution in [2.45, 2.75) is 12.5 Å². The molecule has 0 heterocycles. The van der Waals surface area contributed by atoms with Crippen LogP contribution in [0.2, 0.25) is 0 Å². The van der Waals surface area contributed by atoms with Gasteiger partial charge in [0.2, 0.25) is 0 Å². The molecule has 4 heteroatoms. The molecule has 0 saturated carbocycles. The summed E-state index contributed by atoms with van der Waals surface area (Å²) in [5.74, 6) is 4.91. The zero-order chi connectivity index (χ0) is 13.2. The largest absolute Gasteiger partial charge is 0.391 e. The van der Waals surface area contributed by atoms with Gasteiger partial charge in [-0.15, -0.1) is 0 Å². The average molecular weight is 247 g/mol. The second-order valence-corrected chi connectivity index (χ2v) is 3.77. The fourth-order valence-corrected chi connectivity index (χ4v) is 1.32. The van der Waals surface area contributed by atoms with Crippen molar-refractivity contribution < 1.29 is 14.6 Å². The Kier molecular flexibility index (Phi) is 6.55. The highest BCUT2D eigenvalue weighted by Gasteiger charge is 2.03. The van der Waals surface area contributed by atoms with Gasteiger partial charge in [-0.3, -0.25) is 4.79 Å². The van der Waals surface area contributed by atoms with E-state index in [-0.39, 0.29) is 12.5 Å². The Morgan fingerprint density at radius 1 is 1.44 bits per heavy atom. The maximum Gasteiger partial charge on any atom is 0.296 e. The Hall–Kier alpha value is -1.83. The number of amides is 1. The number of hydrogen-bond donors (Lipinski definition) is 2. The minimum Gasteiger partial charge on any atom is -0.391 e. The van der Waals surface area contributed by atoms with Crippen LogP contribution in [0.4, 0.5) is 0 Å². The lowest BCUT2D eigenvalue weighted by Crippen LogP contribution is -2.27. The monoisotopic (exact) mass is 247 g/mol. The molecule has 1 unspecified atom stereocenters. The van der Waals surface area contributed by atoms with Gasteiger partial charge in [-0.1, -0.05) is 24.1 Å². The van der Waals surface area contributed by atoms with Gasteiger partial charge in [-0.05, 0) is 18.6 Å². The summed E-state index contributed by atoms with van der Waals surface area (Å²) < 4.78 is 4.78. The summed E-state index contributed by atoms with van der Waals surface area (Å²) in [7, 11) is 1.52. The third-order valence-corrected chi connectivity index (χ3v) is 2.22. The molecule has 0 radical (unpaired) electrons. The number of benzene rings is 1. The zero-order valence-electron chi connectivity index (χ0n) is 10.3. The van der Waals surface area contributed by atoms with Crippen molar-refractivity contribution in [3.63, 3.8) is 0 Å². The SMILES string of the molecule is COCC(O)CCNC(=O)C#Cc1ccccc1. The van der Waals surface area contributed by atoms with Crippen molar-refractivity contribution in [3.8, 4) is 11.8 Å². The van der Waals surface area contributed by atoms with E-state index < -0.39 is 6.10 Å². The fraction of sp³-hybridized carbons (Fsp3) is 0.357. The lowest BCUT2D eigenvalue weighted by atomic mass is 10.2. The number of nitrogens with one attached hydrogen (secondary N) is 1. The molecule has 0 fully saturated rings. The Balaban J connectivity index is 2.28. The molecule has 1 amide bonds. The first-order valence-electron chi connectivity index (χ1n) is 5.74. The quantitative estimate of drug-likeness (QED) is 0.747. The number of hydrogen-bond acceptors (Lipinski definition) is 3. The normalized spacial score (nSPS) is 11.2. The van der Waals surface area contributed by atoms with Gasteiger partial charge >= 0.3 is 0 Å². The molecule has 0 aliphatic carbocycles. The fourth-order valence-electron chi connectivity index (χ4n) is 1.32. The van der Waals surface area contributed by atoms with E-state index in [1.54, 1.807) is 0 Å². The van der Waals surface area contributed by atoms with Gasteiger partial charge in [-0.25, -0.2) is 0 Å². The second kappa shape index (κ2) is 8.29. The van der Waals surface area contributed by atoms with E-state index in [2.05, 4.69) is 17.2 Å². The van der Waals surface area contributed by atoms with E-state index in [4.69, 9.17) is 4.74 Å². The van der Waals surface area contributed by atoms with Crippen LogP contribution in [0.3, 0.4) is 0 Å². The highest BCUT2D eigenvalue weighted by molar-refractivity contribution is 5.94. The van der Waals surface area contributed by atoms with Gasteiger partial charge < -0.3 is 15.2 Å². The molecular weight excluding hydrogens is 230 g/mol. The van der Waals surface area contributed by atoms with E-state index in [9.17, 15) is 9.90 Å². The van der Waals surface area contributed by atoms with Crippen molar-refractivity contribution in [1.82, 2.24) is 5.32 Å². The highest BCUT2D eigenvalue weighted by Crippen LogP contribution is 1.94. The van der Waals surface area contributed by atoms with Gasteiger partial charge in [0.25, 0.3) is 5.91 Å². The molecule has 1 aromatic carbocycles. The van der Waals surface area contributed by atoms with E-state index in [0.717, 1.165) is 5.56 Å². The van der Waals surface area contributed by atoms with Crippen LogP contribution in [-0.4, -0.2) is 37.4 Å². The number of carbonyl (C=O) groups is 1. The third-order valence-electron chi connectivity index (χ3n) is 2.22. The van der Waals surface area contributed by atoms with Crippen molar-refractivity contribution in [1.29, 1.82) is 0 Å². The summed E-state index contributed by atoms with van der Waals surface area (Å²) >= 11 is 0. The number of aliphatic hydroxyl groups is 1. The smallest absolute Gasteiger partial charge is 0.296 e.